The highest BCUT2D eigenvalue weighted by atomic mass is 16.7. The largest absolute Gasteiger partial charge is 0.358 e. The highest BCUT2D eigenvalue weighted by Gasteiger charge is 2.13. The van der Waals surface area contributed by atoms with E-state index in [2.05, 4.69) is 42.3 Å². The smallest absolute Gasteiger partial charge is 0.221 e. The summed E-state index contributed by atoms with van der Waals surface area (Å²) in [6.07, 6.45) is 2.54. The quantitative estimate of drug-likeness (QED) is 0.862. The van der Waals surface area contributed by atoms with Gasteiger partial charge in [0, 0.05) is 42.7 Å². The molecule has 3 rings (SSSR count). The Morgan fingerprint density at radius 1 is 1.43 bits per heavy atom. The summed E-state index contributed by atoms with van der Waals surface area (Å²) < 4.78 is 0. The van der Waals surface area contributed by atoms with Crippen molar-refractivity contribution >= 4 is 16.8 Å². The van der Waals surface area contributed by atoms with Crippen molar-refractivity contribution in [1.82, 2.24) is 15.4 Å². The van der Waals surface area contributed by atoms with Crippen molar-refractivity contribution in [2.24, 2.45) is 0 Å². The maximum Gasteiger partial charge on any atom is 0.221 e. The van der Waals surface area contributed by atoms with E-state index in [1.165, 1.54) is 22.2 Å². The summed E-state index contributed by atoms with van der Waals surface area (Å²) in [6, 6.07) is 6.34. The van der Waals surface area contributed by atoms with Gasteiger partial charge in [0.1, 0.15) is 0 Å². The minimum absolute atomic E-state index is 0.0700. The molecule has 0 bridgehead atoms. The Morgan fingerprint density at radius 3 is 3.04 bits per heavy atom. The van der Waals surface area contributed by atoms with Crippen molar-refractivity contribution in [2.45, 2.75) is 39.7 Å². The number of amides is 1. The lowest BCUT2D eigenvalue weighted by atomic mass is 10.1. The lowest BCUT2D eigenvalue weighted by Gasteiger charge is -2.13. The number of hydrogen-bond donors (Lipinski definition) is 2. The molecule has 23 heavy (non-hydrogen) atoms. The molecule has 0 aliphatic carbocycles. The first kappa shape index (κ1) is 16.0. The minimum Gasteiger partial charge on any atom is -0.358 e. The lowest BCUT2D eigenvalue weighted by Crippen LogP contribution is -2.28. The molecular formula is C18H25N3O2. The van der Waals surface area contributed by atoms with Crippen LogP contribution in [0.1, 0.15) is 36.6 Å². The van der Waals surface area contributed by atoms with E-state index in [9.17, 15) is 4.79 Å². The number of hydroxylamine groups is 2. The van der Waals surface area contributed by atoms with Crippen molar-refractivity contribution in [3.05, 3.63) is 35.0 Å². The molecular weight excluding hydrogens is 290 g/mol. The molecule has 1 aliphatic heterocycles. The summed E-state index contributed by atoms with van der Waals surface area (Å²) in [5.74, 6) is 0.0700. The maximum atomic E-state index is 12.0. The number of carbonyl (C=O) groups excluding carboxylic acids is 1. The number of aromatic nitrogens is 1. The van der Waals surface area contributed by atoms with E-state index in [0.717, 1.165) is 31.6 Å². The third kappa shape index (κ3) is 3.74. The van der Waals surface area contributed by atoms with Crippen molar-refractivity contribution in [1.29, 1.82) is 0 Å². The molecule has 0 saturated carbocycles. The molecule has 0 unspecified atom stereocenters. The van der Waals surface area contributed by atoms with Crippen LogP contribution in [0, 0.1) is 6.92 Å². The Hall–Kier alpha value is -1.85. The van der Waals surface area contributed by atoms with Gasteiger partial charge in [-0.05, 0) is 43.0 Å². The Kier molecular flexibility index (Phi) is 4.98. The summed E-state index contributed by atoms with van der Waals surface area (Å²) in [6.45, 7) is 7.25. The van der Waals surface area contributed by atoms with Gasteiger partial charge in [0.05, 0.1) is 6.61 Å². The molecule has 2 aromatic rings. The zero-order chi connectivity index (χ0) is 16.2. The molecule has 1 aromatic carbocycles. The molecule has 5 nitrogen and oxygen atoms in total. The Labute approximate surface area is 137 Å². The summed E-state index contributed by atoms with van der Waals surface area (Å²) in [5, 5.41) is 6.12. The number of H-pyrrole nitrogens is 1. The second kappa shape index (κ2) is 7.15. The molecule has 1 aromatic heterocycles. The van der Waals surface area contributed by atoms with Gasteiger partial charge in [0.25, 0.3) is 0 Å². The minimum atomic E-state index is 0.0700. The van der Waals surface area contributed by atoms with Crippen LogP contribution in [-0.4, -0.2) is 35.7 Å². The molecule has 1 saturated heterocycles. The third-order valence-corrected chi connectivity index (χ3v) is 4.48. The maximum absolute atomic E-state index is 12.0. The van der Waals surface area contributed by atoms with Crippen LogP contribution in [0.15, 0.2) is 18.2 Å². The zero-order valence-corrected chi connectivity index (χ0v) is 13.9. The van der Waals surface area contributed by atoms with Crippen LogP contribution >= 0.6 is 0 Å². The number of nitrogens with one attached hydrogen (secondary N) is 2. The summed E-state index contributed by atoms with van der Waals surface area (Å²) in [4.78, 5) is 20.8. The average Bonchev–Trinajstić information content (AvgIpc) is 3.19. The van der Waals surface area contributed by atoms with E-state index in [-0.39, 0.29) is 5.91 Å². The van der Waals surface area contributed by atoms with Gasteiger partial charge in [0.2, 0.25) is 5.91 Å². The van der Waals surface area contributed by atoms with Crippen molar-refractivity contribution in [3.8, 4) is 0 Å². The molecule has 0 atom stereocenters. The standard InChI is InChI=1S/C18H25N3O2/c1-3-16-13(2)15-11-14(5-6-17(15)20-16)12-19-18(22)7-9-21-8-4-10-23-21/h5-6,11,20H,3-4,7-10,12H2,1-2H3,(H,19,22). The number of aryl methyl sites for hydroxylation is 2. The number of carbonyl (C=O) groups is 1. The van der Waals surface area contributed by atoms with E-state index in [1.807, 2.05) is 5.06 Å². The van der Waals surface area contributed by atoms with Crippen LogP contribution in [-0.2, 0) is 22.6 Å². The summed E-state index contributed by atoms with van der Waals surface area (Å²) in [5.41, 5.74) is 4.89. The topological polar surface area (TPSA) is 57.4 Å². The predicted octanol–water partition coefficient (Wildman–Crippen LogP) is 2.68. The van der Waals surface area contributed by atoms with Crippen LogP contribution in [0.3, 0.4) is 0 Å². The molecule has 0 radical (unpaired) electrons. The van der Waals surface area contributed by atoms with Gasteiger partial charge in [-0.3, -0.25) is 9.63 Å². The Balaban J connectivity index is 1.56. The third-order valence-electron chi connectivity index (χ3n) is 4.48. The van der Waals surface area contributed by atoms with Gasteiger partial charge in [-0.25, -0.2) is 0 Å². The second-order valence-electron chi connectivity index (χ2n) is 6.10. The zero-order valence-electron chi connectivity index (χ0n) is 13.9. The summed E-state index contributed by atoms with van der Waals surface area (Å²) >= 11 is 0. The van der Waals surface area contributed by atoms with Gasteiger partial charge >= 0.3 is 0 Å². The highest BCUT2D eigenvalue weighted by Crippen LogP contribution is 2.23. The second-order valence-corrected chi connectivity index (χ2v) is 6.10. The fourth-order valence-electron chi connectivity index (χ4n) is 3.08. The molecule has 2 N–H and O–H groups in total. The molecule has 5 heteroatoms. The van der Waals surface area contributed by atoms with Crippen LogP contribution in [0.4, 0.5) is 0 Å². The van der Waals surface area contributed by atoms with Crippen molar-refractivity contribution in [3.63, 3.8) is 0 Å². The number of hydrogen-bond acceptors (Lipinski definition) is 3. The first-order chi connectivity index (χ1) is 11.2. The van der Waals surface area contributed by atoms with Gasteiger partial charge in [0.15, 0.2) is 0 Å². The number of rotatable bonds is 6. The molecule has 0 spiro atoms. The van der Waals surface area contributed by atoms with Crippen LogP contribution in [0.2, 0.25) is 0 Å². The monoisotopic (exact) mass is 315 g/mol. The van der Waals surface area contributed by atoms with Crippen LogP contribution in [0.5, 0.6) is 0 Å². The van der Waals surface area contributed by atoms with Gasteiger partial charge in [-0.1, -0.05) is 13.0 Å². The Bertz CT molecular complexity index is 687. The fraction of sp³-hybridized carbons (Fsp3) is 0.500. The number of aromatic amines is 1. The predicted molar refractivity (Wildman–Crippen MR) is 91.0 cm³/mol. The molecule has 2 heterocycles. The fourth-order valence-corrected chi connectivity index (χ4v) is 3.08. The van der Waals surface area contributed by atoms with E-state index >= 15 is 0 Å². The highest BCUT2D eigenvalue weighted by molar-refractivity contribution is 5.85. The van der Waals surface area contributed by atoms with Gasteiger partial charge in [-0.15, -0.1) is 0 Å². The van der Waals surface area contributed by atoms with E-state index in [0.29, 0.717) is 19.5 Å². The number of benzene rings is 1. The number of nitrogens with zero attached hydrogens (tertiary/aromatic N) is 1. The first-order valence-electron chi connectivity index (χ1n) is 8.42. The lowest BCUT2D eigenvalue weighted by molar-refractivity contribution is -0.130. The van der Waals surface area contributed by atoms with Crippen LogP contribution < -0.4 is 5.32 Å². The Morgan fingerprint density at radius 2 is 2.30 bits per heavy atom. The van der Waals surface area contributed by atoms with Gasteiger partial charge in [-0.2, -0.15) is 5.06 Å². The molecule has 1 aliphatic rings. The molecule has 1 amide bonds. The van der Waals surface area contributed by atoms with Crippen LogP contribution in [0.25, 0.3) is 10.9 Å². The average molecular weight is 315 g/mol. The molecule has 1 fully saturated rings. The normalized spacial score (nSPS) is 15.4. The number of fused-ring (bicyclic) bond motifs is 1. The van der Waals surface area contributed by atoms with E-state index in [4.69, 9.17) is 4.84 Å². The summed E-state index contributed by atoms with van der Waals surface area (Å²) in [7, 11) is 0. The van der Waals surface area contributed by atoms with Crippen molar-refractivity contribution in [2.75, 3.05) is 19.7 Å². The van der Waals surface area contributed by atoms with Crippen molar-refractivity contribution < 1.29 is 9.63 Å². The SMILES string of the molecule is CCc1[nH]c2ccc(CNC(=O)CCN3CCCO3)cc2c1C. The van der Waals surface area contributed by atoms with E-state index < -0.39 is 0 Å². The molecule has 124 valence electrons. The van der Waals surface area contributed by atoms with Gasteiger partial charge < -0.3 is 10.3 Å². The first-order valence-corrected chi connectivity index (χ1v) is 8.42. The van der Waals surface area contributed by atoms with E-state index in [1.54, 1.807) is 0 Å².